The van der Waals surface area contributed by atoms with E-state index in [9.17, 15) is 5.26 Å². The summed E-state index contributed by atoms with van der Waals surface area (Å²) in [6, 6.07) is 9.97. The third kappa shape index (κ3) is 0.877. The molecule has 3 heteroatoms. The van der Waals surface area contributed by atoms with E-state index in [2.05, 4.69) is 6.07 Å². The van der Waals surface area contributed by atoms with E-state index in [1.165, 1.54) is 0 Å². The van der Waals surface area contributed by atoms with Crippen LogP contribution < -0.4 is 4.74 Å². The number of hydrogen-bond acceptors (Lipinski definition) is 3. The first-order chi connectivity index (χ1) is 7.11. The van der Waals surface area contributed by atoms with E-state index in [1.807, 2.05) is 38.1 Å². The van der Waals surface area contributed by atoms with Crippen LogP contribution in [-0.2, 0) is 4.74 Å². The normalized spacial score (nSPS) is 34.3. The Morgan fingerprint density at radius 2 is 2.07 bits per heavy atom. The molecule has 2 aliphatic heterocycles. The lowest BCUT2D eigenvalue weighted by atomic mass is 9.83. The summed E-state index contributed by atoms with van der Waals surface area (Å²) in [5.41, 5.74) is -0.388. The number of rotatable bonds is 0. The Hall–Kier alpha value is -1.53. The van der Waals surface area contributed by atoms with E-state index in [0.717, 1.165) is 11.3 Å². The van der Waals surface area contributed by atoms with Gasteiger partial charge in [0.2, 0.25) is 5.60 Å². The molecule has 0 aliphatic carbocycles. The van der Waals surface area contributed by atoms with Crippen LogP contribution >= 0.6 is 0 Å². The van der Waals surface area contributed by atoms with Crippen molar-refractivity contribution in [2.75, 3.05) is 0 Å². The van der Waals surface area contributed by atoms with Gasteiger partial charge in [-0.05, 0) is 19.9 Å². The van der Waals surface area contributed by atoms with Gasteiger partial charge >= 0.3 is 0 Å². The zero-order chi connectivity index (χ0) is 10.7. The average molecular weight is 201 g/mol. The van der Waals surface area contributed by atoms with Crippen molar-refractivity contribution in [2.45, 2.75) is 31.2 Å². The molecule has 0 aromatic heterocycles. The summed E-state index contributed by atoms with van der Waals surface area (Å²) in [5, 5.41) is 9.20. The van der Waals surface area contributed by atoms with Crippen LogP contribution in [0.15, 0.2) is 24.3 Å². The highest BCUT2D eigenvalue weighted by Crippen LogP contribution is 2.61. The molecular weight excluding hydrogens is 190 g/mol. The molecule has 0 spiro atoms. The van der Waals surface area contributed by atoms with Crippen molar-refractivity contribution >= 4 is 0 Å². The second kappa shape index (κ2) is 2.34. The molecule has 1 fully saturated rings. The zero-order valence-electron chi connectivity index (χ0n) is 8.65. The monoisotopic (exact) mass is 201 g/mol. The van der Waals surface area contributed by atoms with E-state index in [0.29, 0.717) is 0 Å². The van der Waals surface area contributed by atoms with Crippen molar-refractivity contribution in [2.24, 2.45) is 0 Å². The number of hydrogen-bond donors (Lipinski definition) is 0. The first-order valence-electron chi connectivity index (χ1n) is 4.98. The van der Waals surface area contributed by atoms with E-state index in [4.69, 9.17) is 9.47 Å². The molecule has 1 aromatic rings. The molecule has 1 saturated heterocycles. The van der Waals surface area contributed by atoms with Gasteiger partial charge in [0.05, 0.1) is 0 Å². The summed E-state index contributed by atoms with van der Waals surface area (Å²) in [4.78, 5) is 0. The van der Waals surface area contributed by atoms with Gasteiger partial charge in [-0.2, -0.15) is 5.26 Å². The van der Waals surface area contributed by atoms with Gasteiger partial charge in [-0.3, -0.25) is 0 Å². The van der Waals surface area contributed by atoms with Gasteiger partial charge in [-0.1, -0.05) is 18.2 Å². The summed E-state index contributed by atoms with van der Waals surface area (Å²) in [5.74, 6) is 0.830. The molecule has 1 aromatic carbocycles. The van der Waals surface area contributed by atoms with Crippen LogP contribution in [0.5, 0.6) is 5.75 Å². The van der Waals surface area contributed by atoms with Crippen LogP contribution in [0, 0.1) is 11.3 Å². The van der Waals surface area contributed by atoms with Gasteiger partial charge in [0.15, 0.2) is 0 Å². The van der Waals surface area contributed by atoms with Crippen LogP contribution in [0.4, 0.5) is 0 Å². The molecule has 0 amide bonds. The summed E-state index contributed by atoms with van der Waals surface area (Å²) in [7, 11) is 0. The topological polar surface area (TPSA) is 45.5 Å². The molecule has 0 N–H and O–H groups in total. The molecule has 2 aliphatic rings. The SMILES string of the molecule is CC1(C)Oc2ccccc2[C@@H]2O[C@@]21C#N. The van der Waals surface area contributed by atoms with Crippen molar-refractivity contribution in [3.05, 3.63) is 29.8 Å². The molecule has 3 rings (SSSR count). The third-order valence-corrected chi connectivity index (χ3v) is 3.24. The maximum absolute atomic E-state index is 9.20. The predicted octanol–water partition coefficient (Wildman–Crippen LogP) is 2.19. The fourth-order valence-electron chi connectivity index (χ4n) is 2.25. The number of nitriles is 1. The van der Waals surface area contributed by atoms with E-state index in [-0.39, 0.29) is 6.10 Å². The third-order valence-electron chi connectivity index (χ3n) is 3.24. The number of fused-ring (bicyclic) bond motifs is 3. The van der Waals surface area contributed by atoms with Crippen molar-refractivity contribution in [3.63, 3.8) is 0 Å². The molecule has 2 heterocycles. The number of ether oxygens (including phenoxy) is 2. The first-order valence-corrected chi connectivity index (χ1v) is 4.98. The molecule has 76 valence electrons. The lowest BCUT2D eigenvalue weighted by Gasteiger charge is -2.33. The largest absolute Gasteiger partial charge is 0.483 e. The highest BCUT2D eigenvalue weighted by molar-refractivity contribution is 5.48. The van der Waals surface area contributed by atoms with Crippen molar-refractivity contribution in [1.29, 1.82) is 5.26 Å². The summed E-state index contributed by atoms with van der Waals surface area (Å²) in [6.45, 7) is 3.79. The van der Waals surface area contributed by atoms with E-state index >= 15 is 0 Å². The Labute approximate surface area is 88.2 Å². The van der Waals surface area contributed by atoms with Crippen LogP contribution in [0.2, 0.25) is 0 Å². The van der Waals surface area contributed by atoms with Crippen LogP contribution in [-0.4, -0.2) is 11.2 Å². The summed E-state index contributed by atoms with van der Waals surface area (Å²) in [6.07, 6.45) is -0.123. The van der Waals surface area contributed by atoms with Crippen molar-refractivity contribution in [3.8, 4) is 11.8 Å². The molecular formula is C12H11NO2. The lowest BCUT2D eigenvalue weighted by molar-refractivity contribution is 0.0418. The summed E-state index contributed by atoms with van der Waals surface area (Å²) >= 11 is 0. The smallest absolute Gasteiger partial charge is 0.224 e. The molecule has 15 heavy (non-hydrogen) atoms. The Balaban J connectivity index is 2.17. The zero-order valence-corrected chi connectivity index (χ0v) is 8.65. The number of epoxide rings is 1. The Morgan fingerprint density at radius 3 is 2.80 bits per heavy atom. The number of benzene rings is 1. The average Bonchev–Trinajstić information content (AvgIpc) is 2.94. The maximum Gasteiger partial charge on any atom is 0.224 e. The predicted molar refractivity (Wildman–Crippen MR) is 53.3 cm³/mol. The quantitative estimate of drug-likeness (QED) is 0.604. The minimum Gasteiger partial charge on any atom is -0.483 e. The minimum absolute atomic E-state index is 0.123. The standard InChI is InChI=1S/C12H11NO2/c1-11(2)12(7-13)10(15-12)8-5-3-4-6-9(8)14-11/h3-6,10H,1-2H3/t10-,12-/m0/s1. The molecule has 3 nitrogen and oxygen atoms in total. The Morgan fingerprint density at radius 1 is 1.33 bits per heavy atom. The van der Waals surface area contributed by atoms with Crippen LogP contribution in [0.3, 0.4) is 0 Å². The fourth-order valence-corrected chi connectivity index (χ4v) is 2.25. The fraction of sp³-hybridized carbons (Fsp3) is 0.417. The van der Waals surface area contributed by atoms with Gasteiger partial charge < -0.3 is 9.47 Å². The first kappa shape index (κ1) is 8.75. The maximum atomic E-state index is 9.20. The van der Waals surface area contributed by atoms with Gasteiger partial charge in [-0.15, -0.1) is 0 Å². The highest BCUT2D eigenvalue weighted by Gasteiger charge is 2.71. The van der Waals surface area contributed by atoms with Crippen LogP contribution in [0.25, 0.3) is 0 Å². The minimum atomic E-state index is -0.790. The van der Waals surface area contributed by atoms with Crippen LogP contribution in [0.1, 0.15) is 25.5 Å². The molecule has 0 bridgehead atoms. The molecule has 0 unspecified atom stereocenters. The summed E-state index contributed by atoms with van der Waals surface area (Å²) < 4.78 is 11.4. The van der Waals surface area contributed by atoms with Gasteiger partial charge in [-0.25, -0.2) is 0 Å². The second-order valence-electron chi connectivity index (χ2n) is 4.50. The van der Waals surface area contributed by atoms with Crippen molar-refractivity contribution in [1.82, 2.24) is 0 Å². The number of para-hydroxylation sites is 1. The molecule has 0 saturated carbocycles. The Kier molecular flexibility index (Phi) is 1.37. The van der Waals surface area contributed by atoms with Gasteiger partial charge in [0.25, 0.3) is 0 Å². The lowest BCUT2D eigenvalue weighted by Crippen LogP contribution is -2.46. The molecule has 0 radical (unpaired) electrons. The van der Waals surface area contributed by atoms with Gasteiger partial charge in [0.1, 0.15) is 23.5 Å². The highest BCUT2D eigenvalue weighted by atomic mass is 16.7. The van der Waals surface area contributed by atoms with E-state index < -0.39 is 11.2 Å². The van der Waals surface area contributed by atoms with E-state index in [1.54, 1.807) is 0 Å². The molecule has 2 atom stereocenters. The number of nitrogens with zero attached hydrogens (tertiary/aromatic N) is 1. The van der Waals surface area contributed by atoms with Gasteiger partial charge in [0, 0.05) is 5.56 Å². The van der Waals surface area contributed by atoms with Crippen molar-refractivity contribution < 1.29 is 9.47 Å². The Bertz CT molecular complexity index is 475. The second-order valence-corrected chi connectivity index (χ2v) is 4.50.